The number of aromatic nitrogens is 3. The number of fused-ring (bicyclic) bond motifs is 1. The van der Waals surface area contributed by atoms with Crippen molar-refractivity contribution in [2.24, 2.45) is 5.16 Å². The summed E-state index contributed by atoms with van der Waals surface area (Å²) in [6.45, 7) is 2.13. The molecule has 0 bridgehead atoms. The van der Waals surface area contributed by atoms with Crippen LogP contribution >= 0.6 is 22.9 Å². The lowest BCUT2D eigenvalue weighted by atomic mass is 10.0. The molecule has 152 valence electrons. The summed E-state index contributed by atoms with van der Waals surface area (Å²) in [5, 5.41) is 15.1. The third-order valence-electron chi connectivity index (χ3n) is 4.66. The molecule has 0 aliphatic carbocycles. The first-order chi connectivity index (χ1) is 14.5. The largest absolute Gasteiger partial charge is 0.477 e. The molecule has 7 nitrogen and oxygen atoms in total. The monoisotopic (exact) mass is 441 g/mol. The van der Waals surface area contributed by atoms with Gasteiger partial charge in [-0.1, -0.05) is 41.0 Å². The molecule has 0 unspecified atom stereocenters. The number of benzene rings is 1. The second-order valence-corrected chi connectivity index (χ2v) is 8.24. The Morgan fingerprint density at radius 2 is 2.17 bits per heavy atom. The lowest BCUT2D eigenvalue weighted by Gasteiger charge is -2.10. The van der Waals surface area contributed by atoms with Gasteiger partial charge in [0.05, 0.1) is 16.8 Å². The standard InChI is InChI=1S/C21H17ClN4O3S/c1-13(24-29-2)14-6-5-7-15(10-14)18-19(27)25-9-4-3-8-17(25)26(20(18)28)12-16-11-23-21(22)30-16/h3-11H,12H2,1-2H3/p+1. The lowest BCUT2D eigenvalue weighted by Crippen LogP contribution is -2.41. The van der Waals surface area contributed by atoms with Gasteiger partial charge in [0.15, 0.2) is 10.0 Å². The molecule has 0 saturated carbocycles. The molecular weight excluding hydrogens is 424 g/mol. The molecule has 0 aliphatic heterocycles. The van der Waals surface area contributed by atoms with Crippen molar-refractivity contribution in [1.29, 1.82) is 0 Å². The zero-order valence-electron chi connectivity index (χ0n) is 16.2. The summed E-state index contributed by atoms with van der Waals surface area (Å²) in [5.41, 5.74) is 2.46. The summed E-state index contributed by atoms with van der Waals surface area (Å²) in [6, 6.07) is 12.6. The second kappa shape index (κ2) is 8.25. The van der Waals surface area contributed by atoms with E-state index in [0.717, 1.165) is 10.4 Å². The predicted octanol–water partition coefficient (Wildman–Crippen LogP) is 3.49. The number of oxime groups is 1. The van der Waals surface area contributed by atoms with Crippen molar-refractivity contribution in [3.63, 3.8) is 0 Å². The normalized spacial score (nSPS) is 11.8. The van der Waals surface area contributed by atoms with Crippen LogP contribution in [-0.4, -0.2) is 27.3 Å². The van der Waals surface area contributed by atoms with E-state index in [4.69, 9.17) is 16.4 Å². The number of aromatic hydroxyl groups is 1. The Morgan fingerprint density at radius 3 is 2.90 bits per heavy atom. The van der Waals surface area contributed by atoms with Crippen molar-refractivity contribution in [3.8, 4) is 17.0 Å². The van der Waals surface area contributed by atoms with E-state index in [0.29, 0.717) is 27.9 Å². The molecule has 0 spiro atoms. The lowest BCUT2D eigenvalue weighted by molar-refractivity contribution is -0.671. The first-order valence-electron chi connectivity index (χ1n) is 9.04. The van der Waals surface area contributed by atoms with Crippen molar-refractivity contribution in [1.82, 2.24) is 9.38 Å². The average molecular weight is 442 g/mol. The molecule has 0 radical (unpaired) electrons. The zero-order valence-corrected chi connectivity index (χ0v) is 17.8. The highest BCUT2D eigenvalue weighted by Crippen LogP contribution is 2.26. The SMILES string of the molecule is CON=C(C)c1cccc(-c2c(O)[n+](Cc3cnc(Cl)s3)c3ccccn3c2=O)c1. The number of halogens is 1. The molecule has 0 aliphatic rings. The first-order valence-corrected chi connectivity index (χ1v) is 10.2. The molecule has 0 atom stereocenters. The number of hydrogen-bond acceptors (Lipinski definition) is 6. The van der Waals surface area contributed by atoms with Crippen LogP contribution in [0.1, 0.15) is 17.4 Å². The molecule has 1 N–H and O–H groups in total. The van der Waals surface area contributed by atoms with Crippen LogP contribution in [0.2, 0.25) is 4.47 Å². The van der Waals surface area contributed by atoms with Crippen LogP contribution in [0.15, 0.2) is 64.8 Å². The molecule has 4 aromatic rings. The van der Waals surface area contributed by atoms with Crippen LogP contribution in [-0.2, 0) is 11.4 Å². The Labute approximate surface area is 181 Å². The Kier molecular flexibility index (Phi) is 5.52. The number of pyridine rings is 1. The van der Waals surface area contributed by atoms with E-state index in [1.165, 1.54) is 22.8 Å². The smallest absolute Gasteiger partial charge is 0.354 e. The van der Waals surface area contributed by atoms with Crippen LogP contribution in [0.4, 0.5) is 0 Å². The molecule has 4 rings (SSSR count). The van der Waals surface area contributed by atoms with E-state index in [2.05, 4.69) is 10.1 Å². The Morgan fingerprint density at radius 1 is 1.33 bits per heavy atom. The van der Waals surface area contributed by atoms with Gasteiger partial charge in [0.2, 0.25) is 0 Å². The van der Waals surface area contributed by atoms with E-state index < -0.39 is 0 Å². The number of thiazole rings is 1. The van der Waals surface area contributed by atoms with Crippen molar-refractivity contribution in [2.75, 3.05) is 7.11 Å². The second-order valence-electron chi connectivity index (χ2n) is 6.54. The van der Waals surface area contributed by atoms with Crippen LogP contribution in [0, 0.1) is 0 Å². The molecule has 30 heavy (non-hydrogen) atoms. The molecule has 0 saturated heterocycles. The zero-order chi connectivity index (χ0) is 21.3. The maximum Gasteiger partial charge on any atom is 0.354 e. The molecule has 0 fully saturated rings. The van der Waals surface area contributed by atoms with Crippen molar-refractivity contribution in [3.05, 3.63) is 80.1 Å². The number of rotatable bonds is 5. The van der Waals surface area contributed by atoms with Gasteiger partial charge in [-0.2, -0.15) is 8.97 Å². The molecule has 3 aromatic heterocycles. The van der Waals surface area contributed by atoms with Gasteiger partial charge in [-0.15, -0.1) is 11.3 Å². The van der Waals surface area contributed by atoms with Gasteiger partial charge in [-0.25, -0.2) is 9.78 Å². The minimum absolute atomic E-state index is 0.130. The first kappa shape index (κ1) is 20.1. The van der Waals surface area contributed by atoms with Crippen molar-refractivity contribution in [2.45, 2.75) is 13.5 Å². The van der Waals surface area contributed by atoms with Gasteiger partial charge < -0.3 is 9.94 Å². The fraction of sp³-hybridized carbons (Fsp3) is 0.143. The van der Waals surface area contributed by atoms with Crippen LogP contribution < -0.4 is 10.1 Å². The quantitative estimate of drug-likeness (QED) is 0.292. The summed E-state index contributed by atoms with van der Waals surface area (Å²) in [7, 11) is 1.48. The number of nitrogens with zero attached hydrogens (tertiary/aromatic N) is 4. The average Bonchev–Trinajstić information content (AvgIpc) is 3.16. The van der Waals surface area contributed by atoms with Crippen LogP contribution in [0.5, 0.6) is 5.88 Å². The van der Waals surface area contributed by atoms with E-state index >= 15 is 0 Å². The van der Waals surface area contributed by atoms with E-state index in [-0.39, 0.29) is 17.0 Å². The fourth-order valence-corrected chi connectivity index (χ4v) is 4.26. The van der Waals surface area contributed by atoms with Gasteiger partial charge in [0.1, 0.15) is 13.7 Å². The summed E-state index contributed by atoms with van der Waals surface area (Å²) >= 11 is 7.29. The highest BCUT2D eigenvalue weighted by Gasteiger charge is 2.25. The summed E-state index contributed by atoms with van der Waals surface area (Å²) in [6.07, 6.45) is 3.34. The Hall–Kier alpha value is -3.23. The van der Waals surface area contributed by atoms with E-state index in [1.54, 1.807) is 41.2 Å². The maximum absolute atomic E-state index is 13.3. The van der Waals surface area contributed by atoms with Crippen molar-refractivity contribution >= 4 is 34.3 Å². The van der Waals surface area contributed by atoms with Gasteiger partial charge in [-0.05, 0) is 30.2 Å². The van der Waals surface area contributed by atoms with Crippen LogP contribution in [0.25, 0.3) is 16.8 Å². The minimum Gasteiger partial charge on any atom is -0.477 e. The molecule has 1 aromatic carbocycles. The third kappa shape index (κ3) is 3.67. The van der Waals surface area contributed by atoms with Gasteiger partial charge in [0.25, 0.3) is 11.5 Å². The highest BCUT2D eigenvalue weighted by atomic mass is 35.5. The van der Waals surface area contributed by atoms with Gasteiger partial charge >= 0.3 is 5.56 Å². The van der Waals surface area contributed by atoms with E-state index in [1.807, 2.05) is 25.1 Å². The summed E-state index contributed by atoms with van der Waals surface area (Å²) < 4.78 is 3.60. The molecule has 9 heteroatoms. The molecule has 3 heterocycles. The summed E-state index contributed by atoms with van der Waals surface area (Å²) in [5.74, 6) is -0.130. The maximum atomic E-state index is 13.3. The molecular formula is C21H18ClN4O3S+. The fourth-order valence-electron chi connectivity index (χ4n) is 3.30. The number of hydrogen-bond donors (Lipinski definition) is 1. The van der Waals surface area contributed by atoms with Crippen LogP contribution in [0.3, 0.4) is 0 Å². The topological polar surface area (TPSA) is 80.1 Å². The van der Waals surface area contributed by atoms with E-state index in [9.17, 15) is 9.90 Å². The molecule has 0 amide bonds. The van der Waals surface area contributed by atoms with Gasteiger partial charge in [0, 0.05) is 12.3 Å². The predicted molar refractivity (Wildman–Crippen MR) is 116 cm³/mol. The van der Waals surface area contributed by atoms with Gasteiger partial charge in [-0.3, -0.25) is 0 Å². The van der Waals surface area contributed by atoms with Crippen molar-refractivity contribution < 1.29 is 14.5 Å². The minimum atomic E-state index is -0.319. The highest BCUT2D eigenvalue weighted by molar-refractivity contribution is 7.15. The Balaban J connectivity index is 1.96. The summed E-state index contributed by atoms with van der Waals surface area (Å²) in [4.78, 5) is 23.0. The third-order valence-corrected chi connectivity index (χ3v) is 5.76. The Bertz CT molecular complexity index is 1330.